The number of likely N-dealkylation sites (N-methyl/N-ethyl adjacent to an activating group) is 1. The third-order valence-electron chi connectivity index (χ3n) is 2.87. The van der Waals surface area contributed by atoms with Crippen LogP contribution in [0.3, 0.4) is 0 Å². The van der Waals surface area contributed by atoms with Gasteiger partial charge in [0.2, 0.25) is 0 Å². The first kappa shape index (κ1) is 16.5. The average Bonchev–Trinajstić information content (AvgIpc) is 2.49. The smallest absolute Gasteiger partial charge is 0.326 e. The molecule has 0 spiro atoms. The number of methoxy groups -OCH3 is 2. The first-order chi connectivity index (χ1) is 9.71. The number of hydrogen-bond donors (Lipinski definition) is 1. The van der Waals surface area contributed by atoms with E-state index in [2.05, 4.69) is 5.32 Å². The summed E-state index contributed by atoms with van der Waals surface area (Å²) < 4.78 is 15.4. The Morgan fingerprint density at radius 3 is 2.50 bits per heavy atom. The lowest BCUT2D eigenvalue weighted by atomic mass is 10.1. The summed E-state index contributed by atoms with van der Waals surface area (Å²) in [5, 5.41) is 3.03. The first-order valence-corrected chi connectivity index (χ1v) is 6.73. The van der Waals surface area contributed by atoms with Gasteiger partial charge in [0.05, 0.1) is 13.7 Å². The lowest BCUT2D eigenvalue weighted by Crippen LogP contribution is -2.42. The molecule has 1 N–H and O–H groups in total. The van der Waals surface area contributed by atoms with Crippen molar-refractivity contribution >= 4 is 5.97 Å². The molecule has 0 heterocycles. The SMILES string of the molecule is CCNC(COc1ccc(CCOC)cc1)C(=O)OC. The van der Waals surface area contributed by atoms with Crippen LogP contribution in [0.2, 0.25) is 0 Å². The van der Waals surface area contributed by atoms with Crippen LogP contribution in [-0.2, 0) is 20.7 Å². The van der Waals surface area contributed by atoms with Crippen molar-refractivity contribution < 1.29 is 19.0 Å². The lowest BCUT2D eigenvalue weighted by Gasteiger charge is -2.16. The summed E-state index contributed by atoms with van der Waals surface area (Å²) >= 11 is 0. The van der Waals surface area contributed by atoms with E-state index in [0.717, 1.165) is 12.2 Å². The van der Waals surface area contributed by atoms with Crippen LogP contribution in [0.4, 0.5) is 0 Å². The fourth-order valence-electron chi connectivity index (χ4n) is 1.75. The maximum atomic E-state index is 11.5. The second-order valence-corrected chi connectivity index (χ2v) is 4.33. The zero-order valence-corrected chi connectivity index (χ0v) is 12.3. The minimum atomic E-state index is -0.446. The topological polar surface area (TPSA) is 56.8 Å². The van der Waals surface area contributed by atoms with E-state index < -0.39 is 6.04 Å². The number of hydrogen-bond acceptors (Lipinski definition) is 5. The van der Waals surface area contributed by atoms with Crippen molar-refractivity contribution in [2.75, 3.05) is 34.0 Å². The standard InChI is InChI=1S/C15H23NO4/c1-4-16-14(15(17)19-3)11-20-13-7-5-12(6-8-13)9-10-18-2/h5-8,14,16H,4,9-11H2,1-3H3. The molecule has 0 saturated heterocycles. The molecule has 1 aromatic rings. The predicted octanol–water partition coefficient (Wildman–Crippen LogP) is 1.41. The maximum absolute atomic E-state index is 11.5. The summed E-state index contributed by atoms with van der Waals surface area (Å²) in [5.41, 5.74) is 1.19. The van der Waals surface area contributed by atoms with Gasteiger partial charge in [-0.2, -0.15) is 0 Å². The van der Waals surface area contributed by atoms with Crippen molar-refractivity contribution in [3.05, 3.63) is 29.8 Å². The van der Waals surface area contributed by atoms with Gasteiger partial charge in [0.1, 0.15) is 18.4 Å². The van der Waals surface area contributed by atoms with E-state index in [1.807, 2.05) is 31.2 Å². The molecule has 5 nitrogen and oxygen atoms in total. The van der Waals surface area contributed by atoms with E-state index >= 15 is 0 Å². The van der Waals surface area contributed by atoms with Crippen molar-refractivity contribution in [3.8, 4) is 5.75 Å². The van der Waals surface area contributed by atoms with E-state index in [4.69, 9.17) is 14.2 Å². The van der Waals surface area contributed by atoms with Gasteiger partial charge in [0, 0.05) is 7.11 Å². The molecule has 112 valence electrons. The summed E-state index contributed by atoms with van der Waals surface area (Å²) in [4.78, 5) is 11.5. The van der Waals surface area contributed by atoms with Crippen LogP contribution >= 0.6 is 0 Å². The molecule has 5 heteroatoms. The highest BCUT2D eigenvalue weighted by atomic mass is 16.5. The van der Waals surface area contributed by atoms with Crippen LogP contribution < -0.4 is 10.1 Å². The molecule has 0 radical (unpaired) electrons. The number of esters is 1. The Kier molecular flexibility index (Phi) is 7.69. The van der Waals surface area contributed by atoms with E-state index in [1.165, 1.54) is 12.7 Å². The van der Waals surface area contributed by atoms with E-state index in [9.17, 15) is 4.79 Å². The summed E-state index contributed by atoms with van der Waals surface area (Å²) in [6.45, 7) is 3.56. The Bertz CT molecular complexity index is 391. The highest BCUT2D eigenvalue weighted by Gasteiger charge is 2.18. The third kappa shape index (κ3) is 5.59. The monoisotopic (exact) mass is 281 g/mol. The molecule has 0 aliphatic rings. The Balaban J connectivity index is 2.48. The number of carbonyl (C=O) groups excluding carboxylic acids is 1. The number of carbonyl (C=O) groups is 1. The second-order valence-electron chi connectivity index (χ2n) is 4.33. The first-order valence-electron chi connectivity index (χ1n) is 6.73. The molecule has 0 bridgehead atoms. The molecule has 0 fully saturated rings. The Morgan fingerprint density at radius 1 is 1.25 bits per heavy atom. The van der Waals surface area contributed by atoms with E-state index in [0.29, 0.717) is 13.2 Å². The van der Waals surface area contributed by atoms with Crippen LogP contribution in [0.5, 0.6) is 5.75 Å². The molecule has 0 aliphatic carbocycles. The van der Waals surface area contributed by atoms with Crippen LogP contribution in [0.1, 0.15) is 12.5 Å². The summed E-state index contributed by atoms with van der Waals surface area (Å²) in [6, 6.07) is 7.33. The molecular weight excluding hydrogens is 258 g/mol. The Hall–Kier alpha value is -1.59. The van der Waals surface area contributed by atoms with E-state index in [1.54, 1.807) is 7.11 Å². The van der Waals surface area contributed by atoms with Crippen molar-refractivity contribution in [2.24, 2.45) is 0 Å². The van der Waals surface area contributed by atoms with Gasteiger partial charge in [-0.05, 0) is 30.7 Å². The largest absolute Gasteiger partial charge is 0.491 e. The highest BCUT2D eigenvalue weighted by molar-refractivity contribution is 5.75. The fraction of sp³-hybridized carbons (Fsp3) is 0.533. The highest BCUT2D eigenvalue weighted by Crippen LogP contribution is 2.13. The van der Waals surface area contributed by atoms with Gasteiger partial charge in [-0.25, -0.2) is 0 Å². The van der Waals surface area contributed by atoms with Gasteiger partial charge in [-0.1, -0.05) is 19.1 Å². The molecule has 0 saturated carbocycles. The van der Waals surface area contributed by atoms with Crippen LogP contribution in [0.25, 0.3) is 0 Å². The number of benzene rings is 1. The molecule has 0 aliphatic heterocycles. The van der Waals surface area contributed by atoms with Gasteiger partial charge < -0.3 is 19.5 Å². The Morgan fingerprint density at radius 2 is 1.95 bits per heavy atom. The molecular formula is C15H23NO4. The average molecular weight is 281 g/mol. The third-order valence-corrected chi connectivity index (χ3v) is 2.87. The normalized spacial score (nSPS) is 11.9. The zero-order chi connectivity index (χ0) is 14.8. The van der Waals surface area contributed by atoms with Crippen LogP contribution in [0, 0.1) is 0 Å². The van der Waals surface area contributed by atoms with Gasteiger partial charge >= 0.3 is 5.97 Å². The molecule has 1 unspecified atom stereocenters. The molecule has 1 aromatic carbocycles. The van der Waals surface area contributed by atoms with Crippen molar-refractivity contribution in [2.45, 2.75) is 19.4 Å². The quantitative estimate of drug-likeness (QED) is 0.694. The van der Waals surface area contributed by atoms with Crippen LogP contribution in [-0.4, -0.2) is 46.0 Å². The van der Waals surface area contributed by atoms with Crippen LogP contribution in [0.15, 0.2) is 24.3 Å². The van der Waals surface area contributed by atoms with Crippen molar-refractivity contribution in [1.29, 1.82) is 0 Å². The van der Waals surface area contributed by atoms with E-state index in [-0.39, 0.29) is 12.6 Å². The molecule has 20 heavy (non-hydrogen) atoms. The number of rotatable bonds is 9. The molecule has 0 amide bonds. The minimum absolute atomic E-state index is 0.248. The van der Waals surface area contributed by atoms with Crippen molar-refractivity contribution in [3.63, 3.8) is 0 Å². The minimum Gasteiger partial charge on any atom is -0.491 e. The summed E-state index contributed by atoms with van der Waals surface area (Å²) in [7, 11) is 3.06. The molecule has 1 rings (SSSR count). The van der Waals surface area contributed by atoms with Gasteiger partial charge in [-0.15, -0.1) is 0 Å². The molecule has 1 atom stereocenters. The number of nitrogens with one attached hydrogen (secondary N) is 1. The zero-order valence-electron chi connectivity index (χ0n) is 12.3. The molecule has 0 aromatic heterocycles. The van der Waals surface area contributed by atoms with Crippen molar-refractivity contribution in [1.82, 2.24) is 5.32 Å². The fourth-order valence-corrected chi connectivity index (χ4v) is 1.75. The number of ether oxygens (including phenoxy) is 3. The second kappa shape index (κ2) is 9.34. The lowest BCUT2D eigenvalue weighted by molar-refractivity contribution is -0.143. The Labute approximate surface area is 120 Å². The maximum Gasteiger partial charge on any atom is 0.326 e. The summed E-state index contributed by atoms with van der Waals surface area (Å²) in [6.07, 6.45) is 0.874. The van der Waals surface area contributed by atoms with Gasteiger partial charge in [0.25, 0.3) is 0 Å². The van der Waals surface area contributed by atoms with Gasteiger partial charge in [-0.3, -0.25) is 4.79 Å². The van der Waals surface area contributed by atoms with Gasteiger partial charge in [0.15, 0.2) is 0 Å². The predicted molar refractivity (Wildman–Crippen MR) is 77.0 cm³/mol. The summed E-state index contributed by atoms with van der Waals surface area (Å²) in [5.74, 6) is 0.418.